The van der Waals surface area contributed by atoms with E-state index in [1.165, 1.54) is 135 Å². The first kappa shape index (κ1) is 96.2. The van der Waals surface area contributed by atoms with Gasteiger partial charge in [-0.3, -0.25) is 37.3 Å². The quantitative estimate of drug-likeness (QED) is 0.0169. The van der Waals surface area contributed by atoms with Gasteiger partial charge in [0.05, 0.1) is 26.4 Å². The Bertz CT molecular complexity index is 2230. The van der Waals surface area contributed by atoms with Gasteiger partial charge in [-0.1, -0.05) is 286 Å². The molecule has 19 heteroatoms. The van der Waals surface area contributed by atoms with Crippen LogP contribution in [0.2, 0.25) is 0 Å². The standard InChI is InChI=1S/C81H144O17P2/c1-5-9-13-17-21-25-29-33-36-37-40-44-48-52-56-60-64-68-81(86)98-77(72-92-79(84)66-62-58-54-50-46-42-38-34-30-26-22-18-14-10-6-2)74-96-100(89,90)94-70-75(82)69-93-99(87,88)95-73-76(71-91-78(83)65-61-57-53-49-45-41-32-28-24-20-16-12-8-4)97-80(85)67-63-59-55-51-47-43-39-35-31-27-23-19-15-11-7-3/h21-22,25-26,33-36,38-40,44,52,56,75-77,82H,5-20,23-24,27-32,37,41-43,45-51,53-55,57-74H2,1-4H3,(H,87,88)(H,89,90)/b25-21-,26-22-,36-33-,38-34-,39-35-,44-40-,56-52-/t75-,76-,77-/m1/s1. The Morgan fingerprint density at radius 3 is 0.820 bits per heavy atom. The highest BCUT2D eigenvalue weighted by Crippen LogP contribution is 2.45. The Hall–Kier alpha value is -3.76. The van der Waals surface area contributed by atoms with Gasteiger partial charge in [0.15, 0.2) is 12.2 Å². The number of aliphatic hydroxyl groups is 1. The van der Waals surface area contributed by atoms with Crippen LogP contribution in [0.15, 0.2) is 85.1 Å². The molecule has 580 valence electrons. The molecule has 0 aromatic carbocycles. The summed E-state index contributed by atoms with van der Waals surface area (Å²) >= 11 is 0. The lowest BCUT2D eigenvalue weighted by Crippen LogP contribution is -2.30. The lowest BCUT2D eigenvalue weighted by molar-refractivity contribution is -0.161. The minimum atomic E-state index is -4.99. The second kappa shape index (κ2) is 73.5. The van der Waals surface area contributed by atoms with Crippen LogP contribution in [0.25, 0.3) is 0 Å². The summed E-state index contributed by atoms with van der Waals surface area (Å²) in [6.45, 7) is 4.77. The summed E-state index contributed by atoms with van der Waals surface area (Å²) in [4.78, 5) is 72.9. The summed E-state index contributed by atoms with van der Waals surface area (Å²) in [7, 11) is -9.97. The molecule has 0 fully saturated rings. The van der Waals surface area contributed by atoms with Crippen LogP contribution >= 0.6 is 15.6 Å². The van der Waals surface area contributed by atoms with Crippen molar-refractivity contribution in [3.63, 3.8) is 0 Å². The number of phosphoric acid groups is 2. The van der Waals surface area contributed by atoms with Crippen molar-refractivity contribution in [1.82, 2.24) is 0 Å². The Balaban J connectivity index is 5.41. The number of aliphatic hydroxyl groups excluding tert-OH is 1. The summed E-state index contributed by atoms with van der Waals surface area (Å²) < 4.78 is 68.5. The van der Waals surface area contributed by atoms with E-state index in [4.69, 9.17) is 37.0 Å². The number of rotatable bonds is 75. The molecule has 0 saturated heterocycles. The second-order valence-electron chi connectivity index (χ2n) is 26.7. The molecule has 0 aromatic heterocycles. The molecule has 0 heterocycles. The Morgan fingerprint density at radius 1 is 0.280 bits per heavy atom. The third-order valence-electron chi connectivity index (χ3n) is 16.8. The number of hydrogen-bond acceptors (Lipinski definition) is 15. The molecule has 5 atom stereocenters. The average molecular weight is 1450 g/mol. The maximum atomic E-state index is 13.1. The lowest BCUT2D eigenvalue weighted by atomic mass is 10.0. The average Bonchev–Trinajstić information content (AvgIpc) is 1.22. The van der Waals surface area contributed by atoms with Gasteiger partial charge >= 0.3 is 39.5 Å². The molecule has 2 unspecified atom stereocenters. The third-order valence-corrected chi connectivity index (χ3v) is 18.7. The van der Waals surface area contributed by atoms with Crippen LogP contribution in [0.5, 0.6) is 0 Å². The van der Waals surface area contributed by atoms with E-state index in [2.05, 4.69) is 101 Å². The van der Waals surface area contributed by atoms with E-state index in [1.807, 2.05) is 12.2 Å². The molecular formula is C81H144O17P2. The maximum Gasteiger partial charge on any atom is 0.472 e. The first-order valence-electron chi connectivity index (χ1n) is 39.8. The number of allylic oxidation sites excluding steroid dienone is 14. The van der Waals surface area contributed by atoms with E-state index in [0.717, 1.165) is 128 Å². The van der Waals surface area contributed by atoms with Gasteiger partial charge in [0.1, 0.15) is 19.3 Å². The predicted molar refractivity (Wildman–Crippen MR) is 409 cm³/mol. The SMILES string of the molecule is CCCCC/C=C\C/C=C\C/C=C\C/C=C\CCCC(=O)O[C@H](COC(=O)CCCCCCC/C=C\C/C=C\CCCCC)COP(=O)(O)OC[C@H](O)COP(=O)(O)OC[C@@H](COC(=O)CCCCCCCCCCCCCCC)OC(=O)CCCCCCC/C=C\CCCCCCCC. The number of carbonyl (C=O) groups excluding carboxylic acids is 4. The summed E-state index contributed by atoms with van der Waals surface area (Å²) in [6.07, 6.45) is 75.7. The fourth-order valence-corrected chi connectivity index (χ4v) is 12.3. The van der Waals surface area contributed by atoms with E-state index >= 15 is 0 Å². The number of phosphoric ester groups is 2. The van der Waals surface area contributed by atoms with Crippen LogP contribution in [0.1, 0.15) is 349 Å². The minimum Gasteiger partial charge on any atom is -0.462 e. The summed E-state index contributed by atoms with van der Waals surface area (Å²) in [5, 5.41) is 10.6. The van der Waals surface area contributed by atoms with E-state index in [-0.39, 0.29) is 25.7 Å². The van der Waals surface area contributed by atoms with Crippen molar-refractivity contribution < 1.29 is 80.2 Å². The zero-order chi connectivity index (χ0) is 73.2. The Labute approximate surface area is 608 Å². The highest BCUT2D eigenvalue weighted by atomic mass is 31.2. The predicted octanol–water partition coefficient (Wildman–Crippen LogP) is 23.0. The van der Waals surface area contributed by atoms with Crippen molar-refractivity contribution in [3.8, 4) is 0 Å². The number of esters is 4. The van der Waals surface area contributed by atoms with Crippen molar-refractivity contribution >= 4 is 39.5 Å². The summed E-state index contributed by atoms with van der Waals surface area (Å²) in [6, 6.07) is 0. The van der Waals surface area contributed by atoms with Crippen LogP contribution in [0, 0.1) is 0 Å². The number of hydrogen-bond donors (Lipinski definition) is 3. The Morgan fingerprint density at radius 2 is 0.500 bits per heavy atom. The molecule has 0 aliphatic heterocycles. The first-order chi connectivity index (χ1) is 48.7. The lowest BCUT2D eigenvalue weighted by Gasteiger charge is -2.21. The van der Waals surface area contributed by atoms with E-state index in [0.29, 0.717) is 32.1 Å². The van der Waals surface area contributed by atoms with Gasteiger partial charge in [0.25, 0.3) is 0 Å². The van der Waals surface area contributed by atoms with Crippen molar-refractivity contribution in [2.75, 3.05) is 39.6 Å². The highest BCUT2D eigenvalue weighted by Gasteiger charge is 2.30. The van der Waals surface area contributed by atoms with Crippen molar-refractivity contribution in [3.05, 3.63) is 85.1 Å². The molecule has 0 radical (unpaired) electrons. The zero-order valence-electron chi connectivity index (χ0n) is 63.4. The summed E-state index contributed by atoms with van der Waals surface area (Å²) in [5.41, 5.74) is 0. The minimum absolute atomic E-state index is 0.0172. The fourth-order valence-electron chi connectivity index (χ4n) is 10.7. The largest absolute Gasteiger partial charge is 0.472 e. The van der Waals surface area contributed by atoms with Crippen LogP contribution in [-0.2, 0) is 65.4 Å². The molecule has 17 nitrogen and oxygen atoms in total. The van der Waals surface area contributed by atoms with Gasteiger partial charge in [0, 0.05) is 25.7 Å². The van der Waals surface area contributed by atoms with Gasteiger partial charge in [-0.25, -0.2) is 9.13 Å². The topological polar surface area (TPSA) is 237 Å². The molecule has 0 bridgehead atoms. The fraction of sp³-hybridized carbons (Fsp3) is 0.778. The summed E-state index contributed by atoms with van der Waals surface area (Å²) in [5.74, 6) is -2.24. The molecule has 0 rings (SSSR count). The molecule has 0 aromatic rings. The first-order valence-corrected chi connectivity index (χ1v) is 42.8. The molecule has 100 heavy (non-hydrogen) atoms. The van der Waals surface area contributed by atoms with Crippen molar-refractivity contribution in [2.45, 2.75) is 367 Å². The monoisotopic (exact) mass is 1450 g/mol. The van der Waals surface area contributed by atoms with E-state index in [9.17, 15) is 43.2 Å². The van der Waals surface area contributed by atoms with Gasteiger partial charge in [-0.15, -0.1) is 0 Å². The highest BCUT2D eigenvalue weighted by molar-refractivity contribution is 7.47. The molecule has 3 N–H and O–H groups in total. The Kier molecular flexibility index (Phi) is 70.8. The van der Waals surface area contributed by atoms with Gasteiger partial charge in [0.2, 0.25) is 0 Å². The normalized spacial score (nSPS) is 14.3. The molecular weight excluding hydrogens is 1310 g/mol. The van der Waals surface area contributed by atoms with Crippen LogP contribution in [0.4, 0.5) is 0 Å². The van der Waals surface area contributed by atoms with Crippen molar-refractivity contribution in [1.29, 1.82) is 0 Å². The number of carbonyl (C=O) groups is 4. The second-order valence-corrected chi connectivity index (χ2v) is 29.6. The molecule has 0 saturated carbocycles. The van der Waals surface area contributed by atoms with Gasteiger partial charge in [-0.2, -0.15) is 0 Å². The molecule has 0 spiro atoms. The van der Waals surface area contributed by atoms with E-state index in [1.54, 1.807) is 0 Å². The van der Waals surface area contributed by atoms with Gasteiger partial charge < -0.3 is 33.8 Å². The van der Waals surface area contributed by atoms with Crippen LogP contribution < -0.4 is 0 Å². The van der Waals surface area contributed by atoms with Crippen molar-refractivity contribution in [2.24, 2.45) is 0 Å². The van der Waals surface area contributed by atoms with Crippen LogP contribution in [0.3, 0.4) is 0 Å². The zero-order valence-corrected chi connectivity index (χ0v) is 65.2. The number of unbranched alkanes of at least 4 members (excludes halogenated alkanes) is 35. The number of ether oxygens (including phenoxy) is 4. The molecule has 0 amide bonds. The molecule has 0 aliphatic carbocycles. The molecule has 0 aliphatic rings. The van der Waals surface area contributed by atoms with Gasteiger partial charge in [-0.05, 0) is 122 Å². The third kappa shape index (κ3) is 72.6. The maximum absolute atomic E-state index is 13.1. The van der Waals surface area contributed by atoms with Crippen LogP contribution in [-0.4, -0.2) is 96.7 Å². The van der Waals surface area contributed by atoms with E-state index < -0.39 is 97.5 Å². The smallest absolute Gasteiger partial charge is 0.462 e.